The zero-order chi connectivity index (χ0) is 10.9. The first-order valence-electron chi connectivity index (χ1n) is 3.70. The number of alkyl halides is 3. The number of nitrogens with zero attached hydrogens (tertiary/aromatic N) is 2. The van der Waals surface area contributed by atoms with Crippen molar-refractivity contribution in [2.24, 2.45) is 0 Å². The highest BCUT2D eigenvalue weighted by molar-refractivity contribution is 9.10. The average Bonchev–Trinajstić information content (AvgIpc) is 2.43. The number of ketones is 1. The van der Waals surface area contributed by atoms with Gasteiger partial charge in [0, 0.05) is 6.54 Å². The van der Waals surface area contributed by atoms with Crippen LogP contribution < -0.4 is 0 Å². The highest BCUT2D eigenvalue weighted by Crippen LogP contribution is 2.28. The zero-order valence-electron chi connectivity index (χ0n) is 7.10. The van der Waals surface area contributed by atoms with Crippen LogP contribution in [-0.4, -0.2) is 20.9 Å². The van der Waals surface area contributed by atoms with E-state index < -0.39 is 11.2 Å². The largest absolute Gasteiger partial charge is 0.386 e. The molecule has 0 aliphatic carbocycles. The van der Waals surface area contributed by atoms with Gasteiger partial charge in [-0.15, -0.1) is 0 Å². The summed E-state index contributed by atoms with van der Waals surface area (Å²) in [5.41, 5.74) is -0.215. The van der Waals surface area contributed by atoms with Gasteiger partial charge in [0.25, 0.3) is 5.78 Å². The highest BCUT2D eigenvalue weighted by atomic mass is 79.9. The lowest BCUT2D eigenvalue weighted by Gasteiger charge is -2.08. The molecule has 14 heavy (non-hydrogen) atoms. The van der Waals surface area contributed by atoms with Crippen LogP contribution in [0.15, 0.2) is 10.7 Å². The van der Waals surface area contributed by atoms with E-state index in [2.05, 4.69) is 32.6 Å². The van der Waals surface area contributed by atoms with Gasteiger partial charge in [0.15, 0.2) is 0 Å². The predicted octanol–water partition coefficient (Wildman–Crippen LogP) is 2.68. The van der Waals surface area contributed by atoms with E-state index >= 15 is 0 Å². The average molecular weight is 287 g/mol. The van der Waals surface area contributed by atoms with Crippen LogP contribution in [0.5, 0.6) is 0 Å². The molecule has 0 atom stereocenters. The third kappa shape index (κ3) is 2.12. The molecule has 0 fully saturated rings. The van der Waals surface area contributed by atoms with E-state index in [-0.39, 0.29) is 10.2 Å². The van der Waals surface area contributed by atoms with E-state index in [1.54, 1.807) is 6.92 Å². The van der Waals surface area contributed by atoms with Gasteiger partial charge in [-0.1, -0.05) is 0 Å². The van der Waals surface area contributed by atoms with Crippen molar-refractivity contribution in [3.8, 4) is 0 Å². The number of aromatic nitrogens is 2. The fourth-order valence-electron chi connectivity index (χ4n) is 0.962. The van der Waals surface area contributed by atoms with Crippen molar-refractivity contribution in [2.75, 3.05) is 0 Å². The van der Waals surface area contributed by atoms with Crippen LogP contribution in [0.3, 0.4) is 0 Å². The molecule has 0 spiro atoms. The molecule has 0 aliphatic heterocycles. The van der Waals surface area contributed by atoms with Crippen LogP contribution >= 0.6 is 27.5 Å². The molecule has 1 heterocycles. The summed E-state index contributed by atoms with van der Waals surface area (Å²) in [6.07, 6.45) is 1.28. The number of carbonyl (C=O) groups excluding carboxylic acids is 1. The minimum atomic E-state index is -3.89. The van der Waals surface area contributed by atoms with Gasteiger partial charge in [0.1, 0.15) is 5.69 Å². The molecular formula is C7H6BrClF2N2O. The van der Waals surface area contributed by atoms with Gasteiger partial charge in [-0.25, -0.2) is 0 Å². The Morgan fingerprint density at radius 1 is 1.79 bits per heavy atom. The number of rotatable bonds is 3. The second-order valence-electron chi connectivity index (χ2n) is 2.48. The standard InChI is InChI=1S/C7H6BrClF2N2O/c1-2-13-5(4(8)3-12-13)6(14)7(9,10)11/h3H,2H2,1H3. The third-order valence-corrected chi connectivity index (χ3v) is 2.32. The summed E-state index contributed by atoms with van der Waals surface area (Å²) < 4.78 is 26.4. The Balaban J connectivity index is 3.18. The van der Waals surface area contributed by atoms with Crippen LogP contribution in [0.25, 0.3) is 0 Å². The molecule has 1 aromatic rings. The number of halogens is 4. The first kappa shape index (κ1) is 11.6. The fourth-order valence-corrected chi connectivity index (χ4v) is 1.53. The van der Waals surface area contributed by atoms with Crippen molar-refractivity contribution >= 4 is 33.3 Å². The van der Waals surface area contributed by atoms with Crippen LogP contribution in [0.1, 0.15) is 17.4 Å². The lowest BCUT2D eigenvalue weighted by Crippen LogP contribution is -2.25. The fraction of sp³-hybridized carbons (Fsp3) is 0.429. The Bertz CT molecular complexity index is 361. The number of Topliss-reactive ketones (excluding diaryl/α,β-unsaturated/α-hetero) is 1. The molecule has 1 aromatic heterocycles. The van der Waals surface area contributed by atoms with Crippen molar-refractivity contribution in [3.63, 3.8) is 0 Å². The first-order chi connectivity index (χ1) is 6.38. The van der Waals surface area contributed by atoms with Gasteiger partial charge in [0.2, 0.25) is 0 Å². The van der Waals surface area contributed by atoms with Gasteiger partial charge in [-0.3, -0.25) is 9.48 Å². The number of carbonyl (C=O) groups is 1. The van der Waals surface area contributed by atoms with E-state index in [0.29, 0.717) is 6.54 Å². The second-order valence-corrected chi connectivity index (χ2v) is 3.81. The van der Waals surface area contributed by atoms with Gasteiger partial charge >= 0.3 is 5.38 Å². The van der Waals surface area contributed by atoms with E-state index in [1.807, 2.05) is 0 Å². The van der Waals surface area contributed by atoms with Crippen LogP contribution in [0, 0.1) is 0 Å². The van der Waals surface area contributed by atoms with Crippen molar-refractivity contribution in [1.29, 1.82) is 0 Å². The van der Waals surface area contributed by atoms with Gasteiger partial charge < -0.3 is 0 Å². The normalized spacial score (nSPS) is 11.8. The molecule has 1 rings (SSSR count). The van der Waals surface area contributed by atoms with Crippen molar-refractivity contribution < 1.29 is 13.6 Å². The molecule has 0 aliphatic rings. The number of hydrogen-bond donors (Lipinski definition) is 0. The minimum absolute atomic E-state index is 0.213. The molecule has 0 unspecified atom stereocenters. The maximum Gasteiger partial charge on any atom is 0.386 e. The SMILES string of the molecule is CCn1ncc(Br)c1C(=O)C(F)(F)Cl. The maximum atomic E-state index is 12.5. The first-order valence-corrected chi connectivity index (χ1v) is 4.87. The molecule has 7 heteroatoms. The summed E-state index contributed by atoms with van der Waals surface area (Å²) >= 11 is 7.59. The van der Waals surface area contributed by atoms with Gasteiger partial charge in [-0.2, -0.15) is 13.9 Å². The molecule has 0 bridgehead atoms. The Morgan fingerprint density at radius 3 is 2.79 bits per heavy atom. The monoisotopic (exact) mass is 286 g/mol. The van der Waals surface area contributed by atoms with E-state index in [9.17, 15) is 13.6 Å². The minimum Gasteiger partial charge on any atom is -0.284 e. The third-order valence-electron chi connectivity index (χ3n) is 1.57. The Labute approximate surface area is 92.2 Å². The Hall–Kier alpha value is -0.490. The summed E-state index contributed by atoms with van der Waals surface area (Å²) in [5, 5.41) is -0.168. The molecule has 78 valence electrons. The lowest BCUT2D eigenvalue weighted by molar-refractivity contribution is 0.0523. The molecule has 0 radical (unpaired) electrons. The summed E-state index contributed by atoms with van der Waals surface area (Å²) in [6, 6.07) is 0. The quantitative estimate of drug-likeness (QED) is 0.633. The molecule has 0 amide bonds. The van der Waals surface area contributed by atoms with Crippen molar-refractivity contribution in [1.82, 2.24) is 9.78 Å². The molecule has 0 N–H and O–H groups in total. The predicted molar refractivity (Wildman–Crippen MR) is 50.7 cm³/mol. The molecule has 0 saturated heterocycles. The Morgan fingerprint density at radius 2 is 2.36 bits per heavy atom. The van der Waals surface area contributed by atoms with E-state index in [4.69, 9.17) is 0 Å². The maximum absolute atomic E-state index is 12.5. The van der Waals surface area contributed by atoms with Crippen LogP contribution in [-0.2, 0) is 6.54 Å². The topological polar surface area (TPSA) is 34.9 Å². The summed E-state index contributed by atoms with van der Waals surface area (Å²) in [7, 11) is 0. The summed E-state index contributed by atoms with van der Waals surface area (Å²) in [6.45, 7) is 2.00. The lowest BCUT2D eigenvalue weighted by atomic mass is 10.3. The summed E-state index contributed by atoms with van der Waals surface area (Å²) in [4.78, 5) is 11.2. The Kier molecular flexibility index (Phi) is 3.26. The smallest absolute Gasteiger partial charge is 0.284 e. The molecular weight excluding hydrogens is 281 g/mol. The van der Waals surface area contributed by atoms with Gasteiger partial charge in [-0.05, 0) is 34.5 Å². The zero-order valence-corrected chi connectivity index (χ0v) is 9.44. The van der Waals surface area contributed by atoms with Crippen molar-refractivity contribution in [3.05, 3.63) is 16.4 Å². The van der Waals surface area contributed by atoms with E-state index in [1.165, 1.54) is 6.20 Å². The second kappa shape index (κ2) is 3.94. The summed E-state index contributed by atoms with van der Waals surface area (Å²) in [5.74, 6) is -1.45. The van der Waals surface area contributed by atoms with E-state index in [0.717, 1.165) is 4.68 Å². The van der Waals surface area contributed by atoms with Crippen LogP contribution in [0.4, 0.5) is 8.78 Å². The molecule has 3 nitrogen and oxygen atoms in total. The van der Waals surface area contributed by atoms with Gasteiger partial charge in [0.05, 0.1) is 10.7 Å². The molecule has 0 saturated carbocycles. The number of hydrogen-bond acceptors (Lipinski definition) is 2. The number of aryl methyl sites for hydroxylation is 1. The highest BCUT2D eigenvalue weighted by Gasteiger charge is 2.39. The molecule has 0 aromatic carbocycles. The van der Waals surface area contributed by atoms with Crippen molar-refractivity contribution in [2.45, 2.75) is 18.9 Å². The van der Waals surface area contributed by atoms with Crippen LogP contribution in [0.2, 0.25) is 0 Å².